The van der Waals surface area contributed by atoms with Crippen molar-refractivity contribution < 1.29 is 23.9 Å². The predicted molar refractivity (Wildman–Crippen MR) is 108 cm³/mol. The Balaban J connectivity index is 1.46. The van der Waals surface area contributed by atoms with Crippen LogP contribution >= 0.6 is 0 Å². The fourth-order valence-corrected chi connectivity index (χ4v) is 3.19. The Bertz CT molecular complexity index is 946. The first-order valence-electron chi connectivity index (χ1n) is 9.78. The number of anilines is 1. The van der Waals surface area contributed by atoms with Crippen molar-refractivity contribution in [3.05, 3.63) is 47.7 Å². The van der Waals surface area contributed by atoms with E-state index in [1.54, 1.807) is 41.2 Å². The molecule has 0 saturated heterocycles. The second kappa shape index (κ2) is 8.89. The van der Waals surface area contributed by atoms with Gasteiger partial charge >= 0.3 is 5.97 Å². The summed E-state index contributed by atoms with van der Waals surface area (Å²) in [7, 11) is 0. The minimum Gasteiger partial charge on any atom is -0.453 e. The standard InChI is InChI=1S/C21H24N4O5/c1-13(2)25-17(10-11-22-25)23-19(27)14(3)30-18(26)9-6-12-24-20(28)15-7-4-5-8-16(15)21(24)29/h4-5,7-8,10-11,13-14H,6,9,12H2,1-3H3,(H,23,27)/t14-/m1/s1. The van der Waals surface area contributed by atoms with Gasteiger partial charge in [-0.3, -0.25) is 24.1 Å². The van der Waals surface area contributed by atoms with Crippen molar-refractivity contribution in [3.63, 3.8) is 0 Å². The number of hydrogen-bond donors (Lipinski definition) is 1. The smallest absolute Gasteiger partial charge is 0.306 e. The molecular weight excluding hydrogens is 388 g/mol. The molecule has 0 fully saturated rings. The zero-order valence-corrected chi connectivity index (χ0v) is 17.1. The average molecular weight is 412 g/mol. The molecule has 0 radical (unpaired) electrons. The van der Waals surface area contributed by atoms with Gasteiger partial charge in [-0.05, 0) is 39.3 Å². The summed E-state index contributed by atoms with van der Waals surface area (Å²) in [6.45, 7) is 5.45. The third-order valence-corrected chi connectivity index (χ3v) is 4.73. The summed E-state index contributed by atoms with van der Waals surface area (Å²) in [5, 5.41) is 6.82. The summed E-state index contributed by atoms with van der Waals surface area (Å²) in [6.07, 6.45) is 0.812. The van der Waals surface area contributed by atoms with E-state index < -0.39 is 18.0 Å². The summed E-state index contributed by atoms with van der Waals surface area (Å²) < 4.78 is 6.82. The number of ether oxygens (including phenoxy) is 1. The van der Waals surface area contributed by atoms with Crippen LogP contribution in [0.4, 0.5) is 5.82 Å². The van der Waals surface area contributed by atoms with Gasteiger partial charge in [0.05, 0.1) is 17.3 Å². The van der Waals surface area contributed by atoms with Gasteiger partial charge in [-0.2, -0.15) is 5.10 Å². The van der Waals surface area contributed by atoms with Gasteiger partial charge in [0, 0.05) is 25.1 Å². The molecule has 1 atom stereocenters. The number of imide groups is 1. The highest BCUT2D eigenvalue weighted by atomic mass is 16.5. The van der Waals surface area contributed by atoms with Crippen LogP contribution in [0, 0.1) is 0 Å². The third kappa shape index (κ3) is 4.40. The second-order valence-electron chi connectivity index (χ2n) is 7.29. The number of esters is 1. The average Bonchev–Trinajstić information content (AvgIpc) is 3.27. The van der Waals surface area contributed by atoms with E-state index in [-0.39, 0.29) is 37.2 Å². The lowest BCUT2D eigenvalue weighted by molar-refractivity contribution is -0.153. The van der Waals surface area contributed by atoms with Gasteiger partial charge in [-0.15, -0.1) is 0 Å². The zero-order chi connectivity index (χ0) is 21.8. The number of hydrogen-bond acceptors (Lipinski definition) is 6. The maximum Gasteiger partial charge on any atom is 0.306 e. The molecule has 0 saturated carbocycles. The second-order valence-corrected chi connectivity index (χ2v) is 7.29. The molecule has 9 heteroatoms. The number of rotatable bonds is 8. The molecule has 1 aromatic heterocycles. The molecule has 0 bridgehead atoms. The fourth-order valence-electron chi connectivity index (χ4n) is 3.19. The van der Waals surface area contributed by atoms with Crippen LogP contribution in [0.1, 0.15) is 60.4 Å². The first-order chi connectivity index (χ1) is 14.3. The Kier molecular flexibility index (Phi) is 6.29. The van der Waals surface area contributed by atoms with Gasteiger partial charge in [0.2, 0.25) is 0 Å². The van der Waals surface area contributed by atoms with Gasteiger partial charge in [-0.25, -0.2) is 4.68 Å². The van der Waals surface area contributed by atoms with E-state index in [1.807, 2.05) is 13.8 Å². The van der Waals surface area contributed by atoms with E-state index in [4.69, 9.17) is 4.74 Å². The lowest BCUT2D eigenvalue weighted by atomic mass is 10.1. The van der Waals surface area contributed by atoms with Crippen LogP contribution in [-0.4, -0.2) is 51.0 Å². The van der Waals surface area contributed by atoms with Gasteiger partial charge in [-0.1, -0.05) is 12.1 Å². The van der Waals surface area contributed by atoms with Crippen molar-refractivity contribution in [2.45, 2.75) is 45.8 Å². The first kappa shape index (κ1) is 21.2. The summed E-state index contributed by atoms with van der Waals surface area (Å²) in [5.74, 6) is -1.25. The lowest BCUT2D eigenvalue weighted by Crippen LogP contribution is -2.32. The molecular formula is C21H24N4O5. The van der Waals surface area contributed by atoms with Crippen LogP contribution in [0.25, 0.3) is 0 Å². The predicted octanol–water partition coefficient (Wildman–Crippen LogP) is 2.41. The van der Waals surface area contributed by atoms with Crippen LogP contribution in [0.3, 0.4) is 0 Å². The molecule has 2 aromatic rings. The SMILES string of the molecule is CC(C)n1nccc1NC(=O)[C@@H](C)OC(=O)CCCN1C(=O)c2ccccc2C1=O. The molecule has 9 nitrogen and oxygen atoms in total. The molecule has 1 N–H and O–H groups in total. The highest BCUT2D eigenvalue weighted by Gasteiger charge is 2.34. The van der Waals surface area contributed by atoms with Crippen molar-refractivity contribution >= 4 is 29.5 Å². The zero-order valence-electron chi connectivity index (χ0n) is 17.1. The van der Waals surface area contributed by atoms with Crippen molar-refractivity contribution in [2.75, 3.05) is 11.9 Å². The van der Waals surface area contributed by atoms with Gasteiger partial charge in [0.15, 0.2) is 6.10 Å². The largest absolute Gasteiger partial charge is 0.453 e. The Morgan fingerprint density at radius 1 is 1.07 bits per heavy atom. The summed E-state index contributed by atoms with van der Waals surface area (Å²) in [4.78, 5) is 50.1. The fraction of sp³-hybridized carbons (Fsp3) is 0.381. The van der Waals surface area contributed by atoms with Crippen LogP contribution in [0.15, 0.2) is 36.5 Å². The highest BCUT2D eigenvalue weighted by molar-refractivity contribution is 6.21. The summed E-state index contributed by atoms with van der Waals surface area (Å²) >= 11 is 0. The number of nitrogens with zero attached hydrogens (tertiary/aromatic N) is 3. The van der Waals surface area contributed by atoms with Crippen LogP contribution in [-0.2, 0) is 14.3 Å². The maximum absolute atomic E-state index is 12.3. The number of amides is 3. The lowest BCUT2D eigenvalue weighted by Gasteiger charge is -2.16. The Morgan fingerprint density at radius 3 is 2.30 bits per heavy atom. The number of fused-ring (bicyclic) bond motifs is 1. The van der Waals surface area contributed by atoms with E-state index >= 15 is 0 Å². The summed E-state index contributed by atoms with van der Waals surface area (Å²) in [5.41, 5.74) is 0.743. The van der Waals surface area contributed by atoms with Crippen LogP contribution in [0.2, 0.25) is 0 Å². The molecule has 2 heterocycles. The molecule has 1 aliphatic heterocycles. The Hall–Kier alpha value is -3.49. The van der Waals surface area contributed by atoms with Crippen LogP contribution in [0.5, 0.6) is 0 Å². The van der Waals surface area contributed by atoms with Crippen molar-refractivity contribution in [1.29, 1.82) is 0 Å². The summed E-state index contributed by atoms with van der Waals surface area (Å²) in [6, 6.07) is 8.34. The van der Waals surface area contributed by atoms with E-state index in [0.717, 1.165) is 4.90 Å². The van der Waals surface area contributed by atoms with Crippen molar-refractivity contribution in [1.82, 2.24) is 14.7 Å². The Labute approximate surface area is 174 Å². The number of carbonyl (C=O) groups is 4. The Morgan fingerprint density at radius 2 is 1.70 bits per heavy atom. The van der Waals surface area contributed by atoms with E-state index in [1.165, 1.54) is 6.92 Å². The molecule has 3 amide bonds. The maximum atomic E-state index is 12.3. The molecule has 158 valence electrons. The number of benzene rings is 1. The molecule has 3 rings (SSSR count). The molecule has 0 spiro atoms. The van der Waals surface area contributed by atoms with Crippen molar-refractivity contribution in [3.8, 4) is 0 Å². The molecule has 1 aromatic carbocycles. The quantitative estimate of drug-likeness (QED) is 0.527. The molecule has 30 heavy (non-hydrogen) atoms. The van der Waals surface area contributed by atoms with Crippen molar-refractivity contribution in [2.24, 2.45) is 0 Å². The highest BCUT2D eigenvalue weighted by Crippen LogP contribution is 2.22. The van der Waals surface area contributed by atoms with E-state index in [0.29, 0.717) is 16.9 Å². The molecule has 1 aliphatic rings. The monoisotopic (exact) mass is 412 g/mol. The number of nitrogens with one attached hydrogen (secondary N) is 1. The molecule has 0 unspecified atom stereocenters. The van der Waals surface area contributed by atoms with Gasteiger partial charge < -0.3 is 10.1 Å². The van der Waals surface area contributed by atoms with Gasteiger partial charge in [0.25, 0.3) is 17.7 Å². The topological polar surface area (TPSA) is 111 Å². The van der Waals surface area contributed by atoms with Crippen LogP contribution < -0.4 is 5.32 Å². The number of aromatic nitrogens is 2. The third-order valence-electron chi connectivity index (χ3n) is 4.73. The minimum absolute atomic E-state index is 0.0189. The number of carbonyl (C=O) groups excluding carboxylic acids is 4. The van der Waals surface area contributed by atoms with Gasteiger partial charge in [0.1, 0.15) is 5.82 Å². The van der Waals surface area contributed by atoms with E-state index in [9.17, 15) is 19.2 Å². The molecule has 0 aliphatic carbocycles. The first-order valence-corrected chi connectivity index (χ1v) is 9.78. The minimum atomic E-state index is -0.993. The normalized spacial score (nSPS) is 14.1. The van der Waals surface area contributed by atoms with E-state index in [2.05, 4.69) is 10.4 Å².